The fourth-order valence-corrected chi connectivity index (χ4v) is 2.48. The van der Waals surface area contributed by atoms with Crippen LogP contribution in [0.25, 0.3) is 5.65 Å². The van der Waals surface area contributed by atoms with E-state index in [1.165, 1.54) is 6.07 Å². The van der Waals surface area contributed by atoms with Crippen LogP contribution >= 0.6 is 0 Å². The number of phenols is 1. The molecule has 0 saturated carbocycles. The molecule has 0 bridgehead atoms. The SMILES string of the molecule is CCOC(=O)c1nc2c(C)cccn2c1N=Nc1ccc(O)cc1C. The monoisotopic (exact) mass is 338 g/mol. The second-order valence-corrected chi connectivity index (χ2v) is 5.56. The fraction of sp³-hybridized carbons (Fsp3) is 0.222. The number of pyridine rings is 1. The van der Waals surface area contributed by atoms with Crippen molar-refractivity contribution in [2.75, 3.05) is 6.61 Å². The van der Waals surface area contributed by atoms with Gasteiger partial charge in [-0.05, 0) is 56.2 Å². The first-order chi connectivity index (χ1) is 12.0. The zero-order chi connectivity index (χ0) is 18.0. The van der Waals surface area contributed by atoms with Crippen LogP contribution in [0.1, 0.15) is 28.5 Å². The molecule has 3 aromatic rings. The Hall–Kier alpha value is -3.22. The molecule has 2 heterocycles. The van der Waals surface area contributed by atoms with E-state index >= 15 is 0 Å². The van der Waals surface area contributed by atoms with Crippen LogP contribution in [0.5, 0.6) is 5.75 Å². The van der Waals surface area contributed by atoms with Crippen molar-refractivity contribution in [2.24, 2.45) is 10.2 Å². The van der Waals surface area contributed by atoms with Gasteiger partial charge in [0.1, 0.15) is 11.4 Å². The van der Waals surface area contributed by atoms with E-state index in [2.05, 4.69) is 15.2 Å². The largest absolute Gasteiger partial charge is 0.508 e. The lowest BCUT2D eigenvalue weighted by molar-refractivity contribution is 0.0521. The van der Waals surface area contributed by atoms with Crippen LogP contribution in [-0.2, 0) is 4.74 Å². The lowest BCUT2D eigenvalue weighted by Gasteiger charge is -2.01. The Bertz CT molecular complexity index is 976. The summed E-state index contributed by atoms with van der Waals surface area (Å²) in [5, 5.41) is 18.0. The van der Waals surface area contributed by atoms with Crippen LogP contribution in [0, 0.1) is 13.8 Å². The molecule has 0 spiro atoms. The molecule has 25 heavy (non-hydrogen) atoms. The Kier molecular flexibility index (Phi) is 4.47. The number of aromatic nitrogens is 2. The van der Waals surface area contributed by atoms with Crippen LogP contribution < -0.4 is 0 Å². The molecule has 1 N–H and O–H groups in total. The van der Waals surface area contributed by atoms with Gasteiger partial charge in [-0.15, -0.1) is 10.2 Å². The quantitative estimate of drug-likeness (QED) is 0.569. The number of esters is 1. The Morgan fingerprint density at radius 2 is 2.04 bits per heavy atom. The van der Waals surface area contributed by atoms with Gasteiger partial charge in [-0.25, -0.2) is 9.78 Å². The molecular weight excluding hydrogens is 320 g/mol. The molecule has 7 heteroatoms. The van der Waals surface area contributed by atoms with Gasteiger partial charge >= 0.3 is 5.97 Å². The average molecular weight is 338 g/mol. The highest BCUT2D eigenvalue weighted by atomic mass is 16.5. The summed E-state index contributed by atoms with van der Waals surface area (Å²) in [6.45, 7) is 5.71. The van der Waals surface area contributed by atoms with Crippen molar-refractivity contribution < 1.29 is 14.6 Å². The van der Waals surface area contributed by atoms with Crippen molar-refractivity contribution in [3.05, 3.63) is 53.3 Å². The maximum atomic E-state index is 12.2. The van der Waals surface area contributed by atoms with Gasteiger partial charge in [-0.3, -0.25) is 4.40 Å². The van der Waals surface area contributed by atoms with Gasteiger partial charge in [0.25, 0.3) is 0 Å². The van der Waals surface area contributed by atoms with Crippen molar-refractivity contribution in [1.29, 1.82) is 0 Å². The third-order valence-electron chi connectivity index (χ3n) is 3.72. The highest BCUT2D eigenvalue weighted by molar-refractivity contribution is 5.93. The average Bonchev–Trinajstić information content (AvgIpc) is 2.95. The summed E-state index contributed by atoms with van der Waals surface area (Å²) in [4.78, 5) is 16.6. The maximum absolute atomic E-state index is 12.2. The van der Waals surface area contributed by atoms with E-state index in [4.69, 9.17) is 4.74 Å². The van der Waals surface area contributed by atoms with Crippen molar-refractivity contribution in [2.45, 2.75) is 20.8 Å². The minimum Gasteiger partial charge on any atom is -0.508 e. The number of phenolic OH excluding ortho intramolecular Hbond substituents is 1. The smallest absolute Gasteiger partial charge is 0.360 e. The number of aromatic hydroxyl groups is 1. The van der Waals surface area contributed by atoms with Gasteiger partial charge in [0, 0.05) is 6.20 Å². The molecule has 3 rings (SSSR count). The fourth-order valence-electron chi connectivity index (χ4n) is 2.48. The van der Waals surface area contributed by atoms with Crippen LogP contribution in [0.4, 0.5) is 11.5 Å². The second kappa shape index (κ2) is 6.72. The number of ether oxygens (including phenoxy) is 1. The number of rotatable bonds is 4. The first-order valence-corrected chi connectivity index (χ1v) is 7.87. The predicted molar refractivity (Wildman–Crippen MR) is 92.9 cm³/mol. The third kappa shape index (κ3) is 3.21. The molecular formula is C18H18N4O3. The lowest BCUT2D eigenvalue weighted by atomic mass is 10.2. The number of nitrogens with zero attached hydrogens (tertiary/aromatic N) is 4. The number of azo groups is 1. The molecule has 0 amide bonds. The Labute approximate surface area is 144 Å². The zero-order valence-corrected chi connectivity index (χ0v) is 14.2. The molecule has 0 saturated heterocycles. The number of aryl methyl sites for hydroxylation is 2. The van der Waals surface area contributed by atoms with Crippen LogP contribution in [0.3, 0.4) is 0 Å². The van der Waals surface area contributed by atoms with Crippen molar-refractivity contribution in [1.82, 2.24) is 9.38 Å². The maximum Gasteiger partial charge on any atom is 0.360 e. The molecule has 1 aromatic carbocycles. The van der Waals surface area contributed by atoms with Gasteiger partial charge < -0.3 is 9.84 Å². The van der Waals surface area contributed by atoms with Crippen molar-refractivity contribution >= 4 is 23.1 Å². The normalized spacial score (nSPS) is 11.3. The minimum absolute atomic E-state index is 0.122. The van der Waals surface area contributed by atoms with Gasteiger partial charge in [0.15, 0.2) is 11.5 Å². The van der Waals surface area contributed by atoms with Gasteiger partial charge in [0.2, 0.25) is 0 Å². The number of carbonyl (C=O) groups is 1. The van der Waals surface area contributed by atoms with Gasteiger partial charge in [-0.2, -0.15) is 0 Å². The van der Waals surface area contributed by atoms with Gasteiger partial charge in [0.05, 0.1) is 12.3 Å². The molecule has 0 atom stereocenters. The van der Waals surface area contributed by atoms with Crippen molar-refractivity contribution in [3.8, 4) is 5.75 Å². The number of carbonyl (C=O) groups excluding carboxylic acids is 1. The summed E-state index contributed by atoms with van der Waals surface area (Å²) in [6, 6.07) is 8.55. The molecule has 128 valence electrons. The second-order valence-electron chi connectivity index (χ2n) is 5.56. The van der Waals surface area contributed by atoms with E-state index in [-0.39, 0.29) is 18.1 Å². The van der Waals surface area contributed by atoms with E-state index < -0.39 is 5.97 Å². The molecule has 0 unspecified atom stereocenters. The van der Waals surface area contributed by atoms with E-state index in [1.807, 2.05) is 26.0 Å². The lowest BCUT2D eigenvalue weighted by Crippen LogP contribution is -2.05. The number of fused-ring (bicyclic) bond motifs is 1. The number of hydrogen-bond donors (Lipinski definition) is 1. The van der Waals surface area contributed by atoms with Crippen LogP contribution in [-0.4, -0.2) is 27.1 Å². The Morgan fingerprint density at radius 1 is 1.24 bits per heavy atom. The van der Waals surface area contributed by atoms with E-state index in [0.717, 1.165) is 11.1 Å². The van der Waals surface area contributed by atoms with E-state index in [1.54, 1.807) is 29.7 Å². The molecule has 0 aliphatic rings. The first-order valence-electron chi connectivity index (χ1n) is 7.87. The van der Waals surface area contributed by atoms with Crippen molar-refractivity contribution in [3.63, 3.8) is 0 Å². The van der Waals surface area contributed by atoms with E-state index in [0.29, 0.717) is 17.2 Å². The predicted octanol–water partition coefficient (Wildman–Crippen LogP) is 4.25. The summed E-state index contributed by atoms with van der Waals surface area (Å²) >= 11 is 0. The van der Waals surface area contributed by atoms with E-state index in [9.17, 15) is 9.90 Å². The van der Waals surface area contributed by atoms with Gasteiger partial charge in [-0.1, -0.05) is 6.07 Å². The number of benzene rings is 1. The molecule has 2 aromatic heterocycles. The highest BCUT2D eigenvalue weighted by Crippen LogP contribution is 2.28. The molecule has 0 radical (unpaired) electrons. The summed E-state index contributed by atoms with van der Waals surface area (Å²) in [5.74, 6) is -0.0688. The Balaban J connectivity index is 2.13. The zero-order valence-electron chi connectivity index (χ0n) is 14.2. The highest BCUT2D eigenvalue weighted by Gasteiger charge is 2.21. The summed E-state index contributed by atoms with van der Waals surface area (Å²) < 4.78 is 6.79. The summed E-state index contributed by atoms with van der Waals surface area (Å²) in [5.41, 5.74) is 3.02. The number of hydrogen-bond acceptors (Lipinski definition) is 6. The third-order valence-corrected chi connectivity index (χ3v) is 3.72. The standard InChI is InChI=1S/C18H18N4O3/c1-4-25-18(24)15-17(22-9-5-6-11(2)16(22)19-15)21-20-14-8-7-13(23)10-12(14)3/h5-10,23H,4H2,1-3H3. The number of imidazole rings is 1. The molecule has 0 aliphatic heterocycles. The molecule has 7 nitrogen and oxygen atoms in total. The van der Waals surface area contributed by atoms with Crippen LogP contribution in [0.2, 0.25) is 0 Å². The topological polar surface area (TPSA) is 88.5 Å². The Morgan fingerprint density at radius 3 is 2.76 bits per heavy atom. The first kappa shape index (κ1) is 16.6. The van der Waals surface area contributed by atoms with Crippen LogP contribution in [0.15, 0.2) is 46.8 Å². The minimum atomic E-state index is -0.540. The summed E-state index contributed by atoms with van der Waals surface area (Å²) in [6.07, 6.45) is 1.77. The molecule has 0 fully saturated rings. The summed E-state index contributed by atoms with van der Waals surface area (Å²) in [7, 11) is 0. The molecule has 0 aliphatic carbocycles.